The molecule has 3 heterocycles. The number of ether oxygens (including phenoxy) is 1. The summed E-state index contributed by atoms with van der Waals surface area (Å²) < 4.78 is 6.68. The standard InChI is InChI=1S/C32H27N7O4/c1-32(2,3)43-31(42)39-27-12-9-23(15-21(27)18-34-39)35-29-25-16-24(40)10-11-26(25)37-28(38-29)19-6-4-8-22(14-19)36-30(41)20-7-5-13-33-17-20/h4-18,40H,1-3H3,(H,36,41)(H,35,37,38). The first kappa shape index (κ1) is 27.3. The number of benzene rings is 3. The van der Waals surface area contributed by atoms with Gasteiger partial charge in [-0.25, -0.2) is 14.8 Å². The number of pyridine rings is 1. The molecule has 11 nitrogen and oxygen atoms in total. The van der Waals surface area contributed by atoms with Gasteiger partial charge in [-0.05, 0) is 81.4 Å². The van der Waals surface area contributed by atoms with E-state index < -0.39 is 11.7 Å². The first-order valence-corrected chi connectivity index (χ1v) is 13.4. The third-order valence-electron chi connectivity index (χ3n) is 6.38. The summed E-state index contributed by atoms with van der Waals surface area (Å²) in [5.41, 5.74) is 2.92. The van der Waals surface area contributed by atoms with E-state index in [9.17, 15) is 14.7 Å². The summed E-state index contributed by atoms with van der Waals surface area (Å²) in [5.74, 6) is 0.658. The predicted octanol–water partition coefficient (Wildman–Crippen LogP) is 6.53. The topological polar surface area (TPSA) is 144 Å². The fraction of sp³-hybridized carbons (Fsp3) is 0.125. The number of aromatic nitrogens is 5. The number of aromatic hydroxyl groups is 1. The Morgan fingerprint density at radius 1 is 0.907 bits per heavy atom. The van der Waals surface area contributed by atoms with E-state index in [-0.39, 0.29) is 11.7 Å². The highest BCUT2D eigenvalue weighted by molar-refractivity contribution is 6.04. The molecule has 0 aliphatic rings. The van der Waals surface area contributed by atoms with Crippen LogP contribution in [0.3, 0.4) is 0 Å². The normalized spacial score (nSPS) is 11.4. The van der Waals surface area contributed by atoms with E-state index in [0.29, 0.717) is 55.9 Å². The van der Waals surface area contributed by atoms with Crippen LogP contribution < -0.4 is 10.6 Å². The molecule has 3 aromatic carbocycles. The van der Waals surface area contributed by atoms with Gasteiger partial charge in [-0.1, -0.05) is 12.1 Å². The summed E-state index contributed by atoms with van der Waals surface area (Å²) in [6, 6.07) is 20.9. The SMILES string of the molecule is CC(C)(C)OC(=O)n1ncc2cc(Nc3nc(-c4cccc(NC(=O)c5cccnc5)c4)nc4ccc(O)cc34)ccc21. The predicted molar refractivity (Wildman–Crippen MR) is 163 cm³/mol. The number of phenols is 1. The lowest BCUT2D eigenvalue weighted by Gasteiger charge is -2.19. The van der Waals surface area contributed by atoms with Crippen molar-refractivity contribution >= 4 is 51.0 Å². The maximum atomic E-state index is 12.7. The minimum absolute atomic E-state index is 0.0705. The molecule has 0 spiro atoms. The molecule has 0 atom stereocenters. The molecule has 3 aromatic heterocycles. The summed E-state index contributed by atoms with van der Waals surface area (Å²) in [7, 11) is 0. The first-order valence-electron chi connectivity index (χ1n) is 13.4. The first-order chi connectivity index (χ1) is 20.6. The van der Waals surface area contributed by atoms with E-state index in [2.05, 4.69) is 20.7 Å². The summed E-state index contributed by atoms with van der Waals surface area (Å²) in [6.45, 7) is 5.39. The number of hydrogen-bond donors (Lipinski definition) is 3. The summed E-state index contributed by atoms with van der Waals surface area (Å²) in [5, 5.41) is 22.0. The van der Waals surface area contributed by atoms with Gasteiger partial charge in [-0.3, -0.25) is 9.78 Å². The number of phenolic OH excluding ortho intramolecular Hbond substituents is 1. The van der Waals surface area contributed by atoms with Gasteiger partial charge >= 0.3 is 6.09 Å². The molecule has 0 radical (unpaired) electrons. The van der Waals surface area contributed by atoms with Gasteiger partial charge in [-0.15, -0.1) is 0 Å². The Balaban J connectivity index is 1.33. The molecule has 0 unspecified atom stereocenters. The van der Waals surface area contributed by atoms with E-state index in [4.69, 9.17) is 14.7 Å². The minimum atomic E-state index is -0.654. The van der Waals surface area contributed by atoms with Gasteiger partial charge < -0.3 is 20.5 Å². The molecule has 0 aliphatic carbocycles. The second-order valence-electron chi connectivity index (χ2n) is 10.8. The molecule has 0 aliphatic heterocycles. The Labute approximate surface area is 246 Å². The molecule has 11 heteroatoms. The third kappa shape index (κ3) is 5.96. The quantitative estimate of drug-likeness (QED) is 0.210. The van der Waals surface area contributed by atoms with Crippen LogP contribution in [-0.2, 0) is 4.74 Å². The highest BCUT2D eigenvalue weighted by Crippen LogP contribution is 2.31. The smallest absolute Gasteiger partial charge is 0.435 e. The Morgan fingerprint density at radius 3 is 2.56 bits per heavy atom. The van der Waals surface area contributed by atoms with E-state index >= 15 is 0 Å². The molecule has 0 saturated heterocycles. The van der Waals surface area contributed by atoms with E-state index in [0.717, 1.165) is 0 Å². The monoisotopic (exact) mass is 573 g/mol. The van der Waals surface area contributed by atoms with Gasteiger partial charge in [-0.2, -0.15) is 9.78 Å². The Morgan fingerprint density at radius 2 is 1.77 bits per heavy atom. The molecular weight excluding hydrogens is 546 g/mol. The summed E-state index contributed by atoms with van der Waals surface area (Å²) in [6.07, 6.45) is 4.13. The fourth-order valence-corrected chi connectivity index (χ4v) is 4.48. The van der Waals surface area contributed by atoms with Crippen molar-refractivity contribution in [1.82, 2.24) is 24.7 Å². The van der Waals surface area contributed by atoms with Crippen molar-refractivity contribution in [3.63, 3.8) is 0 Å². The number of rotatable bonds is 5. The number of fused-ring (bicyclic) bond motifs is 2. The number of nitrogens with zero attached hydrogens (tertiary/aromatic N) is 5. The summed E-state index contributed by atoms with van der Waals surface area (Å²) >= 11 is 0. The number of carbonyl (C=O) groups is 2. The third-order valence-corrected chi connectivity index (χ3v) is 6.38. The zero-order chi connectivity index (χ0) is 30.1. The average Bonchev–Trinajstić information content (AvgIpc) is 3.41. The Bertz CT molecular complexity index is 2000. The van der Waals surface area contributed by atoms with Crippen LogP contribution in [0, 0.1) is 0 Å². The highest BCUT2D eigenvalue weighted by Gasteiger charge is 2.20. The molecule has 0 bridgehead atoms. The lowest BCUT2D eigenvalue weighted by Crippen LogP contribution is -2.27. The van der Waals surface area contributed by atoms with Crippen molar-refractivity contribution in [3.8, 4) is 17.1 Å². The van der Waals surface area contributed by atoms with Crippen molar-refractivity contribution in [2.75, 3.05) is 10.6 Å². The second kappa shape index (κ2) is 10.9. The van der Waals surface area contributed by atoms with Gasteiger partial charge in [0.2, 0.25) is 0 Å². The Kier molecular flexibility index (Phi) is 6.90. The van der Waals surface area contributed by atoms with Crippen LogP contribution in [-0.4, -0.2) is 47.4 Å². The molecule has 0 fully saturated rings. The lowest BCUT2D eigenvalue weighted by molar-refractivity contribution is 0.0522. The van der Waals surface area contributed by atoms with E-state index in [1.54, 1.807) is 87.8 Å². The average molecular weight is 574 g/mol. The van der Waals surface area contributed by atoms with Crippen LogP contribution in [0.2, 0.25) is 0 Å². The van der Waals surface area contributed by atoms with Crippen molar-refractivity contribution in [1.29, 1.82) is 0 Å². The van der Waals surface area contributed by atoms with Crippen LogP contribution in [0.5, 0.6) is 5.75 Å². The molecule has 0 saturated carbocycles. The van der Waals surface area contributed by atoms with Crippen molar-refractivity contribution < 1.29 is 19.4 Å². The van der Waals surface area contributed by atoms with Crippen molar-refractivity contribution in [2.45, 2.75) is 26.4 Å². The van der Waals surface area contributed by atoms with Gasteiger partial charge in [0.15, 0.2) is 5.82 Å². The maximum Gasteiger partial charge on any atom is 0.435 e. The minimum Gasteiger partial charge on any atom is -0.508 e. The summed E-state index contributed by atoms with van der Waals surface area (Å²) in [4.78, 5) is 38.8. The zero-order valence-corrected chi connectivity index (χ0v) is 23.6. The molecule has 6 rings (SSSR count). The van der Waals surface area contributed by atoms with Gasteiger partial charge in [0, 0.05) is 40.1 Å². The van der Waals surface area contributed by atoms with Crippen molar-refractivity contribution in [2.24, 2.45) is 0 Å². The fourth-order valence-electron chi connectivity index (χ4n) is 4.48. The molecule has 3 N–H and O–H groups in total. The van der Waals surface area contributed by atoms with Gasteiger partial charge in [0.05, 0.1) is 22.8 Å². The van der Waals surface area contributed by atoms with Crippen LogP contribution in [0.1, 0.15) is 31.1 Å². The number of carbonyl (C=O) groups excluding carboxylic acids is 2. The van der Waals surface area contributed by atoms with Crippen LogP contribution in [0.4, 0.5) is 22.0 Å². The maximum absolute atomic E-state index is 12.7. The number of amides is 1. The molecule has 1 amide bonds. The number of anilines is 3. The zero-order valence-electron chi connectivity index (χ0n) is 23.6. The Hall–Kier alpha value is -5.84. The van der Waals surface area contributed by atoms with Gasteiger partial charge in [0.1, 0.15) is 17.2 Å². The largest absolute Gasteiger partial charge is 0.508 e. The van der Waals surface area contributed by atoms with E-state index in [1.807, 2.05) is 18.2 Å². The molecule has 43 heavy (non-hydrogen) atoms. The molecule has 214 valence electrons. The van der Waals surface area contributed by atoms with Crippen LogP contribution in [0.25, 0.3) is 33.2 Å². The second-order valence-corrected chi connectivity index (χ2v) is 10.8. The number of hydrogen-bond acceptors (Lipinski definition) is 9. The highest BCUT2D eigenvalue weighted by atomic mass is 16.6. The van der Waals surface area contributed by atoms with Gasteiger partial charge in [0.25, 0.3) is 5.91 Å². The molecular formula is C32H27N7O4. The van der Waals surface area contributed by atoms with E-state index in [1.165, 1.54) is 10.9 Å². The number of nitrogens with one attached hydrogen (secondary N) is 2. The van der Waals surface area contributed by atoms with Crippen molar-refractivity contribution in [3.05, 3.63) is 97.0 Å². The molecule has 6 aromatic rings. The lowest BCUT2D eigenvalue weighted by atomic mass is 10.1. The van der Waals surface area contributed by atoms with Crippen LogP contribution >= 0.6 is 0 Å². The van der Waals surface area contributed by atoms with Crippen LogP contribution in [0.15, 0.2) is 91.4 Å².